The van der Waals surface area contributed by atoms with Crippen LogP contribution in [0.25, 0.3) is 0 Å². The van der Waals surface area contributed by atoms with E-state index in [1.165, 1.54) is 0 Å². The van der Waals surface area contributed by atoms with Crippen molar-refractivity contribution in [3.05, 3.63) is 53.1 Å². The van der Waals surface area contributed by atoms with Gasteiger partial charge < -0.3 is 20.1 Å². The van der Waals surface area contributed by atoms with E-state index in [-0.39, 0.29) is 17.7 Å². The van der Waals surface area contributed by atoms with Crippen molar-refractivity contribution >= 4 is 29.1 Å². The molecule has 2 aromatic rings. The van der Waals surface area contributed by atoms with Gasteiger partial charge in [0.15, 0.2) is 11.5 Å². The van der Waals surface area contributed by atoms with Gasteiger partial charge in [0.25, 0.3) is 5.91 Å². The Balaban J connectivity index is 1.78. The van der Waals surface area contributed by atoms with E-state index in [2.05, 4.69) is 10.6 Å². The van der Waals surface area contributed by atoms with Crippen LogP contribution in [0.5, 0.6) is 11.5 Å². The minimum atomic E-state index is -0.709. The number of carbonyl (C=O) groups excluding carboxylic acids is 2. The molecule has 0 bridgehead atoms. The smallest absolute Gasteiger partial charge is 0.251 e. The molecule has 1 aliphatic rings. The van der Waals surface area contributed by atoms with Gasteiger partial charge in [-0.1, -0.05) is 50.1 Å². The van der Waals surface area contributed by atoms with E-state index < -0.39 is 6.04 Å². The van der Waals surface area contributed by atoms with E-state index in [0.717, 1.165) is 12.8 Å². The lowest BCUT2D eigenvalue weighted by molar-refractivity contribution is -0.119. The maximum atomic E-state index is 13.0. The molecule has 2 aromatic carbocycles. The van der Waals surface area contributed by atoms with E-state index in [1.807, 2.05) is 19.9 Å². The van der Waals surface area contributed by atoms with Gasteiger partial charge in [-0.15, -0.1) is 0 Å². The van der Waals surface area contributed by atoms with Gasteiger partial charge in [0.05, 0.1) is 23.9 Å². The highest BCUT2D eigenvalue weighted by atomic mass is 35.5. The number of hydrogen-bond donors (Lipinski definition) is 2. The first-order chi connectivity index (χ1) is 14.0. The molecule has 2 N–H and O–H groups in total. The molecule has 29 heavy (non-hydrogen) atoms. The Kier molecular flexibility index (Phi) is 6.99. The molecule has 0 unspecified atom stereocenters. The Morgan fingerprint density at radius 2 is 1.76 bits per heavy atom. The number of nitrogens with one attached hydrogen (secondary N) is 2. The molecule has 1 heterocycles. The third-order valence-electron chi connectivity index (χ3n) is 4.91. The second kappa shape index (κ2) is 9.65. The number of rotatable bonds is 6. The minimum absolute atomic E-state index is 0.0677. The molecule has 6 nitrogen and oxygen atoms in total. The van der Waals surface area contributed by atoms with Crippen LogP contribution in [-0.2, 0) is 4.79 Å². The summed E-state index contributed by atoms with van der Waals surface area (Å²) >= 11 is 6.34. The summed E-state index contributed by atoms with van der Waals surface area (Å²) in [4.78, 5) is 25.6. The van der Waals surface area contributed by atoms with Crippen LogP contribution in [-0.4, -0.2) is 31.1 Å². The summed E-state index contributed by atoms with van der Waals surface area (Å²) in [5.41, 5.74) is 0.922. The monoisotopic (exact) mass is 416 g/mol. The molecule has 7 heteroatoms. The lowest BCUT2D eigenvalue weighted by Gasteiger charge is -2.24. The second-order valence-electron chi connectivity index (χ2n) is 7.02. The lowest BCUT2D eigenvalue weighted by atomic mass is 9.97. The number of anilines is 1. The molecule has 3 rings (SSSR count). The Hall–Kier alpha value is -2.73. The Morgan fingerprint density at radius 1 is 1.10 bits per heavy atom. The van der Waals surface area contributed by atoms with Crippen LogP contribution in [0.2, 0.25) is 5.02 Å². The van der Waals surface area contributed by atoms with Crippen molar-refractivity contribution in [2.24, 2.45) is 5.92 Å². The zero-order valence-electron chi connectivity index (χ0n) is 16.5. The average Bonchev–Trinajstić information content (AvgIpc) is 2.97. The third kappa shape index (κ3) is 5.21. The van der Waals surface area contributed by atoms with Crippen LogP contribution in [0.3, 0.4) is 0 Å². The first-order valence-corrected chi connectivity index (χ1v) is 10.1. The molecule has 0 spiro atoms. The third-order valence-corrected chi connectivity index (χ3v) is 5.23. The number of benzene rings is 2. The van der Waals surface area contributed by atoms with Gasteiger partial charge in [-0.05, 0) is 18.1 Å². The summed E-state index contributed by atoms with van der Waals surface area (Å²) in [6.45, 7) is 4.98. The molecule has 0 saturated heterocycles. The number of hydrogen-bond acceptors (Lipinski definition) is 4. The Bertz CT molecular complexity index is 873. The Labute approximate surface area is 175 Å². The summed E-state index contributed by atoms with van der Waals surface area (Å²) in [5, 5.41) is 6.02. The van der Waals surface area contributed by atoms with Crippen molar-refractivity contribution < 1.29 is 19.1 Å². The number of amides is 2. The molecule has 0 aliphatic carbocycles. The molecule has 154 valence electrons. The fraction of sp³-hybridized carbons (Fsp3) is 0.364. The summed E-state index contributed by atoms with van der Waals surface area (Å²) in [6.07, 6.45) is 1.50. The Morgan fingerprint density at radius 3 is 2.41 bits per heavy atom. The summed E-state index contributed by atoms with van der Waals surface area (Å²) in [6, 6.07) is 11.4. The number of halogens is 1. The first kappa shape index (κ1) is 21.0. The van der Waals surface area contributed by atoms with E-state index in [1.54, 1.807) is 36.4 Å². The summed E-state index contributed by atoms with van der Waals surface area (Å²) in [7, 11) is 0. The van der Waals surface area contributed by atoms with Gasteiger partial charge in [-0.2, -0.15) is 0 Å². The average molecular weight is 417 g/mol. The van der Waals surface area contributed by atoms with E-state index in [9.17, 15) is 9.59 Å². The van der Waals surface area contributed by atoms with Gasteiger partial charge in [0.2, 0.25) is 5.91 Å². The maximum absolute atomic E-state index is 13.0. The van der Waals surface area contributed by atoms with Crippen molar-refractivity contribution in [2.45, 2.75) is 32.7 Å². The first-order valence-electron chi connectivity index (χ1n) is 9.75. The van der Waals surface area contributed by atoms with Crippen LogP contribution in [0.1, 0.15) is 37.0 Å². The molecule has 2 amide bonds. The largest absolute Gasteiger partial charge is 0.490 e. The standard InChI is InChI=1S/C22H25ClN2O4/c1-3-14(2)20(25-21(26)15-8-5-4-6-9-15)22(27)24-17-13-19-18(12-16(17)23)28-10-7-11-29-19/h4-6,8-9,12-14,20H,3,7,10-11H2,1-2H3,(H,24,27)(H,25,26)/t14-,20-/m0/s1. The van der Waals surface area contributed by atoms with Crippen LogP contribution in [0, 0.1) is 5.92 Å². The zero-order chi connectivity index (χ0) is 20.8. The minimum Gasteiger partial charge on any atom is -0.490 e. The van der Waals surface area contributed by atoms with Crippen LogP contribution in [0.4, 0.5) is 5.69 Å². The van der Waals surface area contributed by atoms with Crippen LogP contribution >= 0.6 is 11.6 Å². The molecular weight excluding hydrogens is 392 g/mol. The van der Waals surface area contributed by atoms with Crippen molar-refractivity contribution in [2.75, 3.05) is 18.5 Å². The molecule has 2 atom stereocenters. The van der Waals surface area contributed by atoms with Crippen molar-refractivity contribution in [1.29, 1.82) is 0 Å². The highest BCUT2D eigenvalue weighted by Gasteiger charge is 2.27. The SMILES string of the molecule is CC[C@H](C)[C@H](NC(=O)c1ccccc1)C(=O)Nc1cc2c(cc1Cl)OCCCO2. The van der Waals surface area contributed by atoms with E-state index >= 15 is 0 Å². The highest BCUT2D eigenvalue weighted by molar-refractivity contribution is 6.34. The van der Waals surface area contributed by atoms with Gasteiger partial charge in [0.1, 0.15) is 6.04 Å². The van der Waals surface area contributed by atoms with Crippen molar-refractivity contribution in [3.63, 3.8) is 0 Å². The number of ether oxygens (including phenoxy) is 2. The predicted octanol–water partition coefficient (Wildman–Crippen LogP) is 4.28. The van der Waals surface area contributed by atoms with Gasteiger partial charge >= 0.3 is 0 Å². The van der Waals surface area contributed by atoms with Gasteiger partial charge in [0, 0.05) is 24.1 Å². The van der Waals surface area contributed by atoms with Gasteiger partial charge in [-0.25, -0.2) is 0 Å². The molecular formula is C22H25ClN2O4. The zero-order valence-corrected chi connectivity index (χ0v) is 17.3. The molecule has 0 aromatic heterocycles. The quantitative estimate of drug-likeness (QED) is 0.736. The fourth-order valence-electron chi connectivity index (χ4n) is 3.01. The second-order valence-corrected chi connectivity index (χ2v) is 7.43. The molecule has 0 saturated carbocycles. The van der Waals surface area contributed by atoms with Gasteiger partial charge in [-0.3, -0.25) is 9.59 Å². The van der Waals surface area contributed by atoms with E-state index in [0.29, 0.717) is 41.0 Å². The molecule has 0 fully saturated rings. The maximum Gasteiger partial charge on any atom is 0.251 e. The van der Waals surface area contributed by atoms with E-state index in [4.69, 9.17) is 21.1 Å². The lowest BCUT2D eigenvalue weighted by Crippen LogP contribution is -2.47. The van der Waals surface area contributed by atoms with Crippen molar-refractivity contribution in [1.82, 2.24) is 5.32 Å². The van der Waals surface area contributed by atoms with Crippen LogP contribution in [0.15, 0.2) is 42.5 Å². The fourth-order valence-corrected chi connectivity index (χ4v) is 3.21. The predicted molar refractivity (Wildman–Crippen MR) is 113 cm³/mol. The highest BCUT2D eigenvalue weighted by Crippen LogP contribution is 2.37. The number of fused-ring (bicyclic) bond motifs is 1. The topological polar surface area (TPSA) is 76.7 Å². The molecule has 1 aliphatic heterocycles. The molecule has 0 radical (unpaired) electrons. The number of carbonyl (C=O) groups is 2. The summed E-state index contributed by atoms with van der Waals surface area (Å²) < 4.78 is 11.3. The summed E-state index contributed by atoms with van der Waals surface area (Å²) in [5.74, 6) is 0.398. The van der Waals surface area contributed by atoms with Crippen molar-refractivity contribution in [3.8, 4) is 11.5 Å². The normalized spacial score (nSPS) is 15.0. The van der Waals surface area contributed by atoms with Crippen LogP contribution < -0.4 is 20.1 Å².